The molecule has 2 aromatic rings. The molecule has 0 aliphatic carbocycles. The molecule has 0 radical (unpaired) electrons. The van der Waals surface area contributed by atoms with Gasteiger partial charge in [-0.25, -0.2) is 0 Å². The standard InChI is InChI=1S/C18H19BrN2O2/c19-14-6-1-2-9-17(14)23-12-10-18(22)21-11-4-5-13-15(20)7-3-8-16(13)21/h1-3,6-9H,4-5,10-12,20H2. The molecule has 23 heavy (non-hydrogen) atoms. The lowest BCUT2D eigenvalue weighted by Crippen LogP contribution is -2.36. The monoisotopic (exact) mass is 374 g/mol. The van der Waals surface area contributed by atoms with Crippen molar-refractivity contribution in [2.24, 2.45) is 0 Å². The second kappa shape index (κ2) is 7.04. The number of benzene rings is 2. The quantitative estimate of drug-likeness (QED) is 0.828. The van der Waals surface area contributed by atoms with Crippen molar-refractivity contribution < 1.29 is 9.53 Å². The summed E-state index contributed by atoms with van der Waals surface area (Å²) in [6.45, 7) is 1.10. The largest absolute Gasteiger partial charge is 0.492 e. The van der Waals surface area contributed by atoms with Gasteiger partial charge in [-0.3, -0.25) is 4.79 Å². The Balaban J connectivity index is 1.64. The molecule has 3 rings (SSSR count). The number of para-hydroxylation sites is 1. The molecule has 0 fully saturated rings. The van der Waals surface area contributed by atoms with Crippen molar-refractivity contribution in [1.82, 2.24) is 0 Å². The summed E-state index contributed by atoms with van der Waals surface area (Å²) in [5, 5.41) is 0. The number of carbonyl (C=O) groups excluding carboxylic acids is 1. The Morgan fingerprint density at radius 2 is 2.04 bits per heavy atom. The highest BCUT2D eigenvalue weighted by Gasteiger charge is 2.23. The molecule has 1 heterocycles. The lowest BCUT2D eigenvalue weighted by Gasteiger charge is -2.30. The highest BCUT2D eigenvalue weighted by molar-refractivity contribution is 9.10. The maximum atomic E-state index is 12.5. The summed E-state index contributed by atoms with van der Waals surface area (Å²) in [5.41, 5.74) is 8.83. The summed E-state index contributed by atoms with van der Waals surface area (Å²) in [7, 11) is 0. The smallest absolute Gasteiger partial charge is 0.230 e. The third kappa shape index (κ3) is 3.50. The fraction of sp³-hybridized carbons (Fsp3) is 0.278. The SMILES string of the molecule is Nc1cccc2c1CCCN2C(=O)CCOc1ccccc1Br. The van der Waals surface area contributed by atoms with Gasteiger partial charge in [0.25, 0.3) is 0 Å². The molecule has 4 nitrogen and oxygen atoms in total. The van der Waals surface area contributed by atoms with Crippen molar-refractivity contribution in [3.63, 3.8) is 0 Å². The molecule has 0 unspecified atom stereocenters. The predicted octanol–water partition coefficient (Wildman–Crippen LogP) is 3.78. The van der Waals surface area contributed by atoms with Gasteiger partial charge < -0.3 is 15.4 Å². The third-order valence-corrected chi connectivity index (χ3v) is 4.65. The number of amides is 1. The van der Waals surface area contributed by atoms with Crippen LogP contribution in [0.4, 0.5) is 11.4 Å². The lowest BCUT2D eigenvalue weighted by molar-refractivity contribution is -0.119. The normalized spacial score (nSPS) is 13.5. The van der Waals surface area contributed by atoms with Gasteiger partial charge in [0.2, 0.25) is 5.91 Å². The fourth-order valence-corrected chi connectivity index (χ4v) is 3.26. The van der Waals surface area contributed by atoms with E-state index in [0.717, 1.165) is 46.5 Å². The summed E-state index contributed by atoms with van der Waals surface area (Å²) in [6.07, 6.45) is 2.22. The molecule has 2 aromatic carbocycles. The first-order valence-corrected chi connectivity index (χ1v) is 8.51. The summed E-state index contributed by atoms with van der Waals surface area (Å²) in [4.78, 5) is 14.4. The Morgan fingerprint density at radius 3 is 2.87 bits per heavy atom. The van der Waals surface area contributed by atoms with Crippen molar-refractivity contribution in [2.45, 2.75) is 19.3 Å². The van der Waals surface area contributed by atoms with Gasteiger partial charge in [-0.2, -0.15) is 0 Å². The average Bonchev–Trinajstić information content (AvgIpc) is 2.56. The van der Waals surface area contributed by atoms with Crippen LogP contribution in [0.25, 0.3) is 0 Å². The summed E-state index contributed by atoms with van der Waals surface area (Å²) in [5.74, 6) is 0.826. The minimum absolute atomic E-state index is 0.0728. The molecular weight excluding hydrogens is 356 g/mol. The van der Waals surface area contributed by atoms with Crippen LogP contribution in [0, 0.1) is 0 Å². The Labute approximate surface area is 144 Å². The zero-order valence-electron chi connectivity index (χ0n) is 12.8. The van der Waals surface area contributed by atoms with Crippen LogP contribution in [-0.2, 0) is 11.2 Å². The van der Waals surface area contributed by atoms with E-state index in [9.17, 15) is 4.79 Å². The maximum Gasteiger partial charge on any atom is 0.230 e. The van der Waals surface area contributed by atoms with E-state index in [0.29, 0.717) is 13.0 Å². The van der Waals surface area contributed by atoms with Crippen LogP contribution in [-0.4, -0.2) is 19.1 Å². The minimum Gasteiger partial charge on any atom is -0.492 e. The van der Waals surface area contributed by atoms with Crippen molar-refractivity contribution in [3.05, 3.63) is 52.5 Å². The number of halogens is 1. The van der Waals surface area contributed by atoms with E-state index >= 15 is 0 Å². The predicted molar refractivity (Wildman–Crippen MR) is 95.8 cm³/mol. The number of rotatable bonds is 4. The first-order chi connectivity index (χ1) is 11.2. The summed E-state index contributed by atoms with van der Waals surface area (Å²) < 4.78 is 6.58. The van der Waals surface area contributed by atoms with E-state index in [2.05, 4.69) is 15.9 Å². The molecule has 1 amide bonds. The van der Waals surface area contributed by atoms with E-state index in [4.69, 9.17) is 10.5 Å². The zero-order valence-corrected chi connectivity index (χ0v) is 14.4. The van der Waals surface area contributed by atoms with E-state index in [1.54, 1.807) is 0 Å². The number of anilines is 2. The molecule has 1 aliphatic heterocycles. The third-order valence-electron chi connectivity index (χ3n) is 4.00. The molecule has 0 spiro atoms. The summed E-state index contributed by atoms with van der Waals surface area (Å²) in [6, 6.07) is 13.4. The van der Waals surface area contributed by atoms with E-state index in [1.807, 2.05) is 47.4 Å². The summed E-state index contributed by atoms with van der Waals surface area (Å²) >= 11 is 3.44. The number of hydrogen-bond donors (Lipinski definition) is 1. The molecule has 5 heteroatoms. The van der Waals surface area contributed by atoms with Gasteiger partial charge in [-0.05, 0) is 58.6 Å². The lowest BCUT2D eigenvalue weighted by atomic mass is 9.99. The fourth-order valence-electron chi connectivity index (χ4n) is 2.86. The van der Waals surface area contributed by atoms with E-state index < -0.39 is 0 Å². The number of hydrogen-bond acceptors (Lipinski definition) is 3. The maximum absolute atomic E-state index is 12.5. The molecule has 0 saturated heterocycles. The molecule has 0 aromatic heterocycles. The number of nitrogens with two attached hydrogens (primary N) is 1. The topological polar surface area (TPSA) is 55.6 Å². The highest BCUT2D eigenvalue weighted by Crippen LogP contribution is 2.31. The first kappa shape index (κ1) is 15.9. The van der Waals surface area contributed by atoms with Gasteiger partial charge in [-0.15, -0.1) is 0 Å². The highest BCUT2D eigenvalue weighted by atomic mass is 79.9. The van der Waals surface area contributed by atoms with Gasteiger partial charge in [0, 0.05) is 17.9 Å². The van der Waals surface area contributed by atoms with Gasteiger partial charge in [0.1, 0.15) is 5.75 Å². The second-order valence-electron chi connectivity index (χ2n) is 5.52. The zero-order chi connectivity index (χ0) is 16.2. The number of ether oxygens (including phenoxy) is 1. The van der Waals surface area contributed by atoms with Crippen LogP contribution in [0.2, 0.25) is 0 Å². The Hall–Kier alpha value is -2.01. The number of carbonyl (C=O) groups is 1. The van der Waals surface area contributed by atoms with Crippen LogP contribution in [0.3, 0.4) is 0 Å². The molecule has 0 atom stereocenters. The number of fused-ring (bicyclic) bond motifs is 1. The van der Waals surface area contributed by atoms with Crippen molar-refractivity contribution >= 4 is 33.2 Å². The minimum atomic E-state index is 0.0728. The van der Waals surface area contributed by atoms with E-state index in [1.165, 1.54) is 0 Å². The van der Waals surface area contributed by atoms with Crippen LogP contribution in [0.1, 0.15) is 18.4 Å². The van der Waals surface area contributed by atoms with Crippen molar-refractivity contribution in [1.29, 1.82) is 0 Å². The van der Waals surface area contributed by atoms with Gasteiger partial charge >= 0.3 is 0 Å². The van der Waals surface area contributed by atoms with Crippen LogP contribution < -0.4 is 15.4 Å². The van der Waals surface area contributed by atoms with Gasteiger partial charge in [-0.1, -0.05) is 18.2 Å². The van der Waals surface area contributed by atoms with Crippen molar-refractivity contribution in [3.8, 4) is 5.75 Å². The first-order valence-electron chi connectivity index (χ1n) is 7.72. The molecule has 0 saturated carbocycles. The van der Waals surface area contributed by atoms with Gasteiger partial charge in [0.15, 0.2) is 0 Å². The van der Waals surface area contributed by atoms with Crippen LogP contribution >= 0.6 is 15.9 Å². The Bertz CT molecular complexity index is 718. The molecule has 120 valence electrons. The van der Waals surface area contributed by atoms with Crippen LogP contribution in [0.5, 0.6) is 5.75 Å². The Kier molecular flexibility index (Phi) is 4.86. The molecular formula is C18H19BrN2O2. The van der Waals surface area contributed by atoms with E-state index in [-0.39, 0.29) is 5.91 Å². The second-order valence-corrected chi connectivity index (χ2v) is 6.38. The van der Waals surface area contributed by atoms with Crippen LogP contribution in [0.15, 0.2) is 46.9 Å². The molecule has 1 aliphatic rings. The number of nitrogens with zero attached hydrogens (tertiary/aromatic N) is 1. The molecule has 2 N–H and O–H groups in total. The molecule has 0 bridgehead atoms. The number of nitrogen functional groups attached to an aromatic ring is 1. The van der Waals surface area contributed by atoms with Crippen molar-refractivity contribution in [2.75, 3.05) is 23.8 Å². The average molecular weight is 375 g/mol. The van der Waals surface area contributed by atoms with Gasteiger partial charge in [0.05, 0.1) is 17.5 Å². The Morgan fingerprint density at radius 1 is 1.22 bits per heavy atom.